The van der Waals surface area contributed by atoms with Crippen LogP contribution in [0.4, 0.5) is 4.39 Å². The molecule has 4 N–H and O–H groups in total. The normalized spacial score (nSPS) is 10.3. The van der Waals surface area contributed by atoms with E-state index in [1.54, 1.807) is 12.1 Å². The summed E-state index contributed by atoms with van der Waals surface area (Å²) >= 11 is 0. The van der Waals surface area contributed by atoms with Crippen molar-refractivity contribution in [2.75, 3.05) is 19.6 Å². The van der Waals surface area contributed by atoms with Gasteiger partial charge in [0.05, 0.1) is 18.8 Å². The van der Waals surface area contributed by atoms with Crippen LogP contribution in [0.5, 0.6) is 0 Å². The monoisotopic (exact) mass is 320 g/mol. The number of halogens is 1. The third kappa shape index (κ3) is 5.19. The number of nitrogens with zero attached hydrogens (tertiary/aromatic N) is 1. The van der Waals surface area contributed by atoms with Gasteiger partial charge in [0, 0.05) is 18.5 Å². The summed E-state index contributed by atoms with van der Waals surface area (Å²) in [7, 11) is 0. The van der Waals surface area contributed by atoms with Gasteiger partial charge in [0.1, 0.15) is 12.1 Å². The van der Waals surface area contributed by atoms with Gasteiger partial charge in [0.25, 0.3) is 0 Å². The van der Waals surface area contributed by atoms with Gasteiger partial charge in [0.2, 0.25) is 17.7 Å². The molecule has 0 saturated heterocycles. The second kappa shape index (κ2) is 8.04. The number of amides is 2. The second-order valence-electron chi connectivity index (χ2n) is 4.73. The molecule has 0 saturated carbocycles. The Labute approximate surface area is 132 Å². The van der Waals surface area contributed by atoms with Crippen LogP contribution in [0.15, 0.2) is 34.9 Å². The Hall–Kier alpha value is -2.74. The van der Waals surface area contributed by atoms with E-state index in [0.717, 1.165) is 0 Å². The third-order valence-corrected chi connectivity index (χ3v) is 2.98. The number of carbonyl (C=O) groups excluding carboxylic acids is 2. The van der Waals surface area contributed by atoms with Crippen LogP contribution in [0, 0.1) is 5.82 Å². The van der Waals surface area contributed by atoms with Crippen molar-refractivity contribution in [2.24, 2.45) is 5.73 Å². The van der Waals surface area contributed by atoms with Gasteiger partial charge in [-0.05, 0) is 24.3 Å². The molecule has 7 nitrogen and oxygen atoms in total. The number of hydrogen-bond acceptors (Lipinski definition) is 5. The van der Waals surface area contributed by atoms with Crippen molar-refractivity contribution < 1.29 is 18.4 Å². The van der Waals surface area contributed by atoms with Gasteiger partial charge in [-0.1, -0.05) is 0 Å². The van der Waals surface area contributed by atoms with Crippen LogP contribution >= 0.6 is 0 Å². The first-order valence-corrected chi connectivity index (χ1v) is 7.02. The third-order valence-electron chi connectivity index (χ3n) is 2.98. The fourth-order valence-corrected chi connectivity index (χ4v) is 1.79. The molecular formula is C15H17FN4O3. The number of hydrogen-bond donors (Lipinski definition) is 3. The molecule has 0 fully saturated rings. The van der Waals surface area contributed by atoms with Crippen LogP contribution in [0.3, 0.4) is 0 Å². The van der Waals surface area contributed by atoms with E-state index in [0.29, 0.717) is 30.1 Å². The molecule has 1 heterocycles. The zero-order chi connectivity index (χ0) is 16.7. The molecule has 0 aliphatic carbocycles. The Kier molecular flexibility index (Phi) is 5.81. The fourth-order valence-electron chi connectivity index (χ4n) is 1.79. The van der Waals surface area contributed by atoms with Gasteiger partial charge in [-0.15, -0.1) is 0 Å². The predicted octanol–water partition coefficient (Wildman–Crippen LogP) is 0.214. The van der Waals surface area contributed by atoms with E-state index < -0.39 is 0 Å². The van der Waals surface area contributed by atoms with Gasteiger partial charge >= 0.3 is 0 Å². The van der Waals surface area contributed by atoms with E-state index in [9.17, 15) is 14.0 Å². The first-order valence-electron chi connectivity index (χ1n) is 7.02. The minimum Gasteiger partial charge on any atom is -0.444 e. The number of carbonyl (C=O) groups is 2. The van der Waals surface area contributed by atoms with Gasteiger partial charge in [0.15, 0.2) is 0 Å². The largest absolute Gasteiger partial charge is 0.444 e. The molecule has 122 valence electrons. The number of nitrogens with two attached hydrogens (primary N) is 1. The maximum absolute atomic E-state index is 12.9. The standard InChI is InChI=1S/C15H17FN4O3/c16-11-3-1-10(2-4-11)15-20-12(9-23-15)5-6-18-14(22)8-19-13(21)7-17/h1-4,9H,5-8,17H2,(H,18,22)(H,19,21). The zero-order valence-corrected chi connectivity index (χ0v) is 12.3. The molecule has 0 atom stereocenters. The van der Waals surface area contributed by atoms with Gasteiger partial charge in [-0.25, -0.2) is 9.37 Å². The lowest BCUT2D eigenvalue weighted by atomic mass is 10.2. The summed E-state index contributed by atoms with van der Waals surface area (Å²) in [4.78, 5) is 26.6. The lowest BCUT2D eigenvalue weighted by Gasteiger charge is -2.04. The molecule has 2 amide bonds. The highest BCUT2D eigenvalue weighted by molar-refractivity contribution is 5.85. The summed E-state index contributed by atoms with van der Waals surface area (Å²) in [5.74, 6) is -0.638. The average molecular weight is 320 g/mol. The van der Waals surface area contributed by atoms with E-state index in [4.69, 9.17) is 10.2 Å². The van der Waals surface area contributed by atoms with Crippen LogP contribution in [0.2, 0.25) is 0 Å². The fraction of sp³-hybridized carbons (Fsp3) is 0.267. The van der Waals surface area contributed by atoms with Crippen LogP contribution in [-0.4, -0.2) is 36.4 Å². The van der Waals surface area contributed by atoms with Crippen molar-refractivity contribution >= 4 is 11.8 Å². The molecule has 8 heteroatoms. The molecular weight excluding hydrogens is 303 g/mol. The first-order chi connectivity index (χ1) is 11.1. The zero-order valence-electron chi connectivity index (χ0n) is 12.3. The van der Waals surface area contributed by atoms with Crippen molar-refractivity contribution in [1.29, 1.82) is 0 Å². The summed E-state index contributed by atoms with van der Waals surface area (Å²) in [6.45, 7) is 0.0841. The highest BCUT2D eigenvalue weighted by atomic mass is 19.1. The van der Waals surface area contributed by atoms with Crippen LogP contribution < -0.4 is 16.4 Å². The quantitative estimate of drug-likeness (QED) is 0.676. The highest BCUT2D eigenvalue weighted by Crippen LogP contribution is 2.18. The van der Waals surface area contributed by atoms with E-state index in [-0.39, 0.29) is 30.7 Å². The van der Waals surface area contributed by atoms with E-state index in [2.05, 4.69) is 15.6 Å². The minimum absolute atomic E-state index is 0.115. The Bertz CT molecular complexity index is 670. The van der Waals surface area contributed by atoms with Gasteiger partial charge in [-0.3, -0.25) is 9.59 Å². The predicted molar refractivity (Wildman–Crippen MR) is 80.7 cm³/mol. The molecule has 2 rings (SSSR count). The van der Waals surface area contributed by atoms with Crippen molar-refractivity contribution in [3.63, 3.8) is 0 Å². The topological polar surface area (TPSA) is 110 Å². The Morgan fingerprint density at radius 3 is 2.61 bits per heavy atom. The lowest BCUT2D eigenvalue weighted by Crippen LogP contribution is -2.40. The Balaban J connectivity index is 1.78. The number of aromatic nitrogens is 1. The summed E-state index contributed by atoms with van der Waals surface area (Å²) in [6.07, 6.45) is 1.96. The average Bonchev–Trinajstić information content (AvgIpc) is 3.02. The molecule has 0 spiro atoms. The minimum atomic E-state index is -0.388. The van der Waals surface area contributed by atoms with Crippen LogP contribution in [0.1, 0.15) is 5.69 Å². The molecule has 1 aromatic carbocycles. The summed E-state index contributed by atoms with van der Waals surface area (Å²) < 4.78 is 18.2. The maximum Gasteiger partial charge on any atom is 0.239 e. The van der Waals surface area contributed by atoms with Crippen molar-refractivity contribution in [1.82, 2.24) is 15.6 Å². The van der Waals surface area contributed by atoms with Crippen molar-refractivity contribution in [3.05, 3.63) is 42.0 Å². The lowest BCUT2D eigenvalue weighted by molar-refractivity contribution is -0.125. The number of oxazole rings is 1. The van der Waals surface area contributed by atoms with Crippen LogP contribution in [-0.2, 0) is 16.0 Å². The number of nitrogens with one attached hydrogen (secondary N) is 2. The van der Waals surface area contributed by atoms with Crippen molar-refractivity contribution in [3.8, 4) is 11.5 Å². The first kappa shape index (κ1) is 16.6. The highest BCUT2D eigenvalue weighted by Gasteiger charge is 2.08. The van der Waals surface area contributed by atoms with Gasteiger partial charge in [-0.2, -0.15) is 0 Å². The number of benzene rings is 1. The molecule has 1 aromatic heterocycles. The van der Waals surface area contributed by atoms with Crippen LogP contribution in [0.25, 0.3) is 11.5 Å². The van der Waals surface area contributed by atoms with Crippen molar-refractivity contribution in [2.45, 2.75) is 6.42 Å². The molecule has 23 heavy (non-hydrogen) atoms. The summed E-state index contributed by atoms with van der Waals surface area (Å²) in [6, 6.07) is 5.81. The molecule has 2 aromatic rings. The molecule has 0 aliphatic rings. The van der Waals surface area contributed by atoms with E-state index in [1.165, 1.54) is 18.4 Å². The molecule has 0 aliphatic heterocycles. The summed E-state index contributed by atoms with van der Waals surface area (Å²) in [5.41, 5.74) is 6.44. The van der Waals surface area contributed by atoms with E-state index >= 15 is 0 Å². The number of rotatable bonds is 7. The molecule has 0 bridgehead atoms. The maximum atomic E-state index is 12.9. The Morgan fingerprint density at radius 1 is 1.17 bits per heavy atom. The SMILES string of the molecule is NCC(=O)NCC(=O)NCCc1coc(-c2ccc(F)cc2)n1. The molecule has 0 unspecified atom stereocenters. The summed E-state index contributed by atoms with van der Waals surface area (Å²) in [5, 5.41) is 5.01. The molecule has 0 radical (unpaired) electrons. The van der Waals surface area contributed by atoms with Gasteiger partial charge < -0.3 is 20.8 Å². The second-order valence-corrected chi connectivity index (χ2v) is 4.73. The smallest absolute Gasteiger partial charge is 0.239 e. The van der Waals surface area contributed by atoms with E-state index in [1.807, 2.05) is 0 Å². The Morgan fingerprint density at radius 2 is 1.91 bits per heavy atom.